The molecule has 1 atom stereocenters. The van der Waals surface area contributed by atoms with E-state index in [2.05, 4.69) is 28.5 Å². The van der Waals surface area contributed by atoms with Crippen LogP contribution in [0.2, 0.25) is 0 Å². The zero-order valence-corrected chi connectivity index (χ0v) is 10.4. The Bertz CT molecular complexity index is 706. The maximum absolute atomic E-state index is 9.33. The second-order valence-corrected chi connectivity index (χ2v) is 4.65. The van der Waals surface area contributed by atoms with Crippen molar-refractivity contribution in [1.29, 1.82) is 0 Å². The topological polar surface area (TPSA) is 68.3 Å². The van der Waals surface area contributed by atoms with Crippen LogP contribution in [0, 0.1) is 0 Å². The third-order valence-corrected chi connectivity index (χ3v) is 3.26. The highest BCUT2D eigenvalue weighted by Gasteiger charge is 2.05. The largest absolute Gasteiger partial charge is 0.394 e. The van der Waals surface area contributed by atoms with Gasteiger partial charge < -0.3 is 20.5 Å². The number of anilines is 1. The molecular formula is C15H16N2O2. The fourth-order valence-corrected chi connectivity index (χ4v) is 2.26. The lowest BCUT2D eigenvalue weighted by atomic mass is 10.1. The fourth-order valence-electron chi connectivity index (χ4n) is 2.26. The Morgan fingerprint density at radius 1 is 1.05 bits per heavy atom. The van der Waals surface area contributed by atoms with E-state index in [1.54, 1.807) is 0 Å². The Balaban J connectivity index is 1.95. The van der Waals surface area contributed by atoms with E-state index >= 15 is 0 Å². The Labute approximate surface area is 110 Å². The van der Waals surface area contributed by atoms with Gasteiger partial charge in [-0.15, -0.1) is 0 Å². The first-order valence-electron chi connectivity index (χ1n) is 6.31. The van der Waals surface area contributed by atoms with Crippen molar-refractivity contribution in [2.24, 2.45) is 0 Å². The number of nitrogens with one attached hydrogen (secondary N) is 2. The minimum absolute atomic E-state index is 0.234. The van der Waals surface area contributed by atoms with Gasteiger partial charge in [0.25, 0.3) is 0 Å². The molecule has 0 saturated heterocycles. The molecule has 98 valence electrons. The number of benzene rings is 2. The number of hydrogen-bond acceptors (Lipinski definition) is 3. The van der Waals surface area contributed by atoms with Crippen molar-refractivity contribution in [2.45, 2.75) is 6.10 Å². The van der Waals surface area contributed by atoms with Crippen LogP contribution in [0.15, 0.2) is 42.5 Å². The van der Waals surface area contributed by atoms with Crippen LogP contribution in [0.4, 0.5) is 5.69 Å². The zero-order chi connectivity index (χ0) is 13.2. The van der Waals surface area contributed by atoms with Crippen LogP contribution in [0.5, 0.6) is 0 Å². The minimum Gasteiger partial charge on any atom is -0.394 e. The summed E-state index contributed by atoms with van der Waals surface area (Å²) in [7, 11) is 0. The highest BCUT2D eigenvalue weighted by molar-refractivity contribution is 6.07. The van der Waals surface area contributed by atoms with Crippen molar-refractivity contribution in [3.05, 3.63) is 42.5 Å². The molecule has 0 aliphatic carbocycles. The predicted molar refractivity (Wildman–Crippen MR) is 77.4 cm³/mol. The molecule has 1 aromatic heterocycles. The van der Waals surface area contributed by atoms with E-state index in [0.717, 1.165) is 16.7 Å². The lowest BCUT2D eigenvalue weighted by Crippen LogP contribution is -2.22. The molecule has 3 aromatic rings. The van der Waals surface area contributed by atoms with E-state index in [1.165, 1.54) is 10.8 Å². The monoisotopic (exact) mass is 256 g/mol. The summed E-state index contributed by atoms with van der Waals surface area (Å²) in [6.07, 6.45) is -0.738. The minimum atomic E-state index is -0.738. The first-order valence-corrected chi connectivity index (χ1v) is 6.31. The Morgan fingerprint density at radius 2 is 1.84 bits per heavy atom. The van der Waals surface area contributed by atoms with E-state index in [4.69, 9.17) is 5.11 Å². The summed E-state index contributed by atoms with van der Waals surface area (Å²) in [6, 6.07) is 14.2. The van der Waals surface area contributed by atoms with Crippen LogP contribution in [-0.2, 0) is 0 Å². The molecule has 4 N–H and O–H groups in total. The molecule has 4 nitrogen and oxygen atoms in total. The van der Waals surface area contributed by atoms with Crippen LogP contribution < -0.4 is 5.32 Å². The SMILES string of the molecule is OCC(O)CNc1ccc2c(c1)[nH]c1ccccc12. The number of para-hydroxylation sites is 1. The number of aliphatic hydroxyl groups is 2. The van der Waals surface area contributed by atoms with E-state index in [9.17, 15) is 5.11 Å². The summed E-state index contributed by atoms with van der Waals surface area (Å²) in [5, 5.41) is 23.6. The molecule has 0 amide bonds. The molecule has 0 aliphatic rings. The summed E-state index contributed by atoms with van der Waals surface area (Å²) < 4.78 is 0. The molecule has 0 bridgehead atoms. The zero-order valence-electron chi connectivity index (χ0n) is 10.4. The number of hydrogen-bond donors (Lipinski definition) is 4. The Kier molecular flexibility index (Phi) is 3.11. The highest BCUT2D eigenvalue weighted by Crippen LogP contribution is 2.27. The first-order chi connectivity index (χ1) is 9.28. The molecule has 0 spiro atoms. The molecule has 0 saturated carbocycles. The lowest BCUT2D eigenvalue weighted by molar-refractivity contribution is 0.105. The van der Waals surface area contributed by atoms with Crippen LogP contribution >= 0.6 is 0 Å². The van der Waals surface area contributed by atoms with Gasteiger partial charge in [-0.25, -0.2) is 0 Å². The molecule has 3 rings (SSSR count). The quantitative estimate of drug-likeness (QED) is 0.578. The van der Waals surface area contributed by atoms with Crippen LogP contribution in [-0.4, -0.2) is 34.5 Å². The van der Waals surface area contributed by atoms with Gasteiger partial charge in [0.05, 0.1) is 12.7 Å². The molecule has 19 heavy (non-hydrogen) atoms. The van der Waals surface area contributed by atoms with Gasteiger partial charge in [-0.05, 0) is 18.2 Å². The van der Waals surface area contributed by atoms with Crippen molar-refractivity contribution >= 4 is 27.5 Å². The van der Waals surface area contributed by atoms with Crippen LogP contribution in [0.1, 0.15) is 0 Å². The number of aromatic amines is 1. The summed E-state index contributed by atoms with van der Waals surface area (Å²) >= 11 is 0. The smallest absolute Gasteiger partial charge is 0.0942 e. The van der Waals surface area contributed by atoms with E-state index in [-0.39, 0.29) is 6.61 Å². The number of aromatic nitrogens is 1. The predicted octanol–water partition coefficient (Wildman–Crippen LogP) is 2.09. The van der Waals surface area contributed by atoms with Gasteiger partial charge in [0, 0.05) is 34.0 Å². The number of rotatable bonds is 4. The van der Waals surface area contributed by atoms with E-state index in [0.29, 0.717) is 6.54 Å². The standard InChI is InChI=1S/C15H16N2O2/c18-9-11(19)8-16-10-5-6-13-12-3-1-2-4-14(12)17-15(13)7-10/h1-7,11,16-19H,8-9H2. The molecular weight excluding hydrogens is 240 g/mol. The van der Waals surface area contributed by atoms with Gasteiger partial charge in [0.1, 0.15) is 0 Å². The molecule has 0 aliphatic heterocycles. The summed E-state index contributed by atoms with van der Waals surface area (Å²) in [5.74, 6) is 0. The van der Waals surface area contributed by atoms with Gasteiger partial charge in [0.2, 0.25) is 0 Å². The van der Waals surface area contributed by atoms with Crippen molar-refractivity contribution in [1.82, 2.24) is 4.98 Å². The van der Waals surface area contributed by atoms with Gasteiger partial charge in [-0.2, -0.15) is 0 Å². The molecule has 2 aromatic carbocycles. The van der Waals surface area contributed by atoms with Crippen LogP contribution in [0.3, 0.4) is 0 Å². The maximum atomic E-state index is 9.33. The summed E-state index contributed by atoms with van der Waals surface area (Å²) in [4.78, 5) is 3.37. The van der Waals surface area contributed by atoms with Crippen molar-refractivity contribution in [3.8, 4) is 0 Å². The van der Waals surface area contributed by atoms with Gasteiger partial charge in [-0.1, -0.05) is 24.3 Å². The third kappa shape index (κ3) is 2.28. The molecule has 0 fully saturated rings. The molecule has 1 unspecified atom stereocenters. The molecule has 1 heterocycles. The maximum Gasteiger partial charge on any atom is 0.0942 e. The average molecular weight is 256 g/mol. The second-order valence-electron chi connectivity index (χ2n) is 4.65. The number of aliphatic hydroxyl groups excluding tert-OH is 2. The molecule has 4 heteroatoms. The van der Waals surface area contributed by atoms with Crippen LogP contribution in [0.25, 0.3) is 21.8 Å². The van der Waals surface area contributed by atoms with Gasteiger partial charge >= 0.3 is 0 Å². The second kappa shape index (κ2) is 4.91. The Hall–Kier alpha value is -2.04. The van der Waals surface area contributed by atoms with E-state index < -0.39 is 6.10 Å². The average Bonchev–Trinajstić information content (AvgIpc) is 2.82. The summed E-state index contributed by atoms with van der Waals surface area (Å²) in [5.41, 5.74) is 3.10. The van der Waals surface area contributed by atoms with Gasteiger partial charge in [-0.3, -0.25) is 0 Å². The number of fused-ring (bicyclic) bond motifs is 3. The third-order valence-electron chi connectivity index (χ3n) is 3.26. The Morgan fingerprint density at radius 3 is 2.68 bits per heavy atom. The first kappa shape index (κ1) is 12.0. The van der Waals surface area contributed by atoms with E-state index in [1.807, 2.05) is 24.3 Å². The van der Waals surface area contributed by atoms with Crippen molar-refractivity contribution in [2.75, 3.05) is 18.5 Å². The van der Waals surface area contributed by atoms with Crippen molar-refractivity contribution in [3.63, 3.8) is 0 Å². The number of H-pyrrole nitrogens is 1. The van der Waals surface area contributed by atoms with Gasteiger partial charge in [0.15, 0.2) is 0 Å². The highest BCUT2D eigenvalue weighted by atomic mass is 16.3. The summed E-state index contributed by atoms with van der Waals surface area (Å²) in [6.45, 7) is 0.101. The lowest BCUT2D eigenvalue weighted by Gasteiger charge is -2.10. The molecule has 0 radical (unpaired) electrons. The normalized spacial score (nSPS) is 12.9. The fraction of sp³-hybridized carbons (Fsp3) is 0.200. The van der Waals surface area contributed by atoms with Crippen molar-refractivity contribution < 1.29 is 10.2 Å².